The molecule has 134 valence electrons. The summed E-state index contributed by atoms with van der Waals surface area (Å²) in [4.78, 5) is 19.5. The standard InChI is InChI=1S/C15H14ClF3N4O2/c1-9-6-12(21-25-9)14(24)23-4-2-22(3-5-23)13-11(16)7-10(8-20-13)15(17,18)19/h6-8H,2-5H2,1H3. The van der Waals surface area contributed by atoms with Crippen LogP contribution in [-0.2, 0) is 6.18 Å². The van der Waals surface area contributed by atoms with E-state index in [-0.39, 0.29) is 22.4 Å². The number of aryl methyl sites for hydroxylation is 1. The Labute approximate surface area is 146 Å². The van der Waals surface area contributed by atoms with Crippen LogP contribution in [-0.4, -0.2) is 47.1 Å². The number of hydrogen-bond acceptors (Lipinski definition) is 5. The van der Waals surface area contributed by atoms with Crippen LogP contribution in [0.4, 0.5) is 19.0 Å². The molecule has 0 atom stereocenters. The molecule has 0 spiro atoms. The molecule has 0 bridgehead atoms. The van der Waals surface area contributed by atoms with Crippen LogP contribution >= 0.6 is 11.6 Å². The highest BCUT2D eigenvalue weighted by atomic mass is 35.5. The molecule has 2 aromatic rings. The van der Waals surface area contributed by atoms with Gasteiger partial charge >= 0.3 is 6.18 Å². The molecule has 0 aliphatic carbocycles. The van der Waals surface area contributed by atoms with E-state index in [2.05, 4.69) is 10.1 Å². The van der Waals surface area contributed by atoms with Crippen LogP contribution in [0, 0.1) is 6.92 Å². The van der Waals surface area contributed by atoms with Crippen molar-refractivity contribution in [2.45, 2.75) is 13.1 Å². The molecular formula is C15H14ClF3N4O2. The quantitative estimate of drug-likeness (QED) is 0.808. The van der Waals surface area contributed by atoms with Crippen molar-refractivity contribution in [3.05, 3.63) is 40.4 Å². The molecule has 0 unspecified atom stereocenters. The predicted octanol–water partition coefficient (Wildman–Crippen LogP) is 3.01. The first-order valence-electron chi connectivity index (χ1n) is 7.46. The summed E-state index contributed by atoms with van der Waals surface area (Å²) < 4.78 is 42.9. The van der Waals surface area contributed by atoms with Crippen molar-refractivity contribution in [2.24, 2.45) is 0 Å². The van der Waals surface area contributed by atoms with E-state index in [1.807, 2.05) is 0 Å². The van der Waals surface area contributed by atoms with E-state index >= 15 is 0 Å². The fourth-order valence-electron chi connectivity index (χ4n) is 2.57. The normalized spacial score (nSPS) is 15.6. The maximum absolute atomic E-state index is 12.7. The number of nitrogens with zero attached hydrogens (tertiary/aromatic N) is 4. The molecule has 25 heavy (non-hydrogen) atoms. The van der Waals surface area contributed by atoms with E-state index in [1.54, 1.807) is 22.8 Å². The molecule has 0 aromatic carbocycles. The maximum Gasteiger partial charge on any atom is 0.417 e. The number of pyridine rings is 1. The highest BCUT2D eigenvalue weighted by molar-refractivity contribution is 6.33. The Morgan fingerprint density at radius 3 is 2.44 bits per heavy atom. The number of carbonyl (C=O) groups excluding carboxylic acids is 1. The Morgan fingerprint density at radius 2 is 1.92 bits per heavy atom. The minimum atomic E-state index is -4.49. The number of anilines is 1. The topological polar surface area (TPSA) is 62.5 Å². The summed E-state index contributed by atoms with van der Waals surface area (Å²) in [5.74, 6) is 0.574. The monoisotopic (exact) mass is 374 g/mol. The molecule has 1 aliphatic heterocycles. The second-order valence-corrected chi connectivity index (χ2v) is 6.04. The number of aromatic nitrogens is 2. The fourth-order valence-corrected chi connectivity index (χ4v) is 2.85. The van der Waals surface area contributed by atoms with Gasteiger partial charge in [-0.05, 0) is 13.0 Å². The largest absolute Gasteiger partial charge is 0.417 e. The van der Waals surface area contributed by atoms with Gasteiger partial charge in [-0.1, -0.05) is 16.8 Å². The van der Waals surface area contributed by atoms with Gasteiger partial charge in [0.1, 0.15) is 11.6 Å². The Morgan fingerprint density at radius 1 is 1.24 bits per heavy atom. The lowest BCUT2D eigenvalue weighted by atomic mass is 10.2. The third-order valence-electron chi connectivity index (χ3n) is 3.86. The predicted molar refractivity (Wildman–Crippen MR) is 83.6 cm³/mol. The molecular weight excluding hydrogens is 361 g/mol. The van der Waals surface area contributed by atoms with E-state index in [1.165, 1.54) is 0 Å². The van der Waals surface area contributed by atoms with Gasteiger partial charge in [0.2, 0.25) is 0 Å². The average Bonchev–Trinajstić information content (AvgIpc) is 3.00. The molecule has 1 fully saturated rings. The number of piperazine rings is 1. The van der Waals surface area contributed by atoms with Gasteiger partial charge < -0.3 is 14.3 Å². The molecule has 0 N–H and O–H groups in total. The maximum atomic E-state index is 12.7. The van der Waals surface area contributed by atoms with Crippen molar-refractivity contribution in [2.75, 3.05) is 31.1 Å². The average molecular weight is 375 g/mol. The number of carbonyl (C=O) groups is 1. The molecule has 2 aromatic heterocycles. The second-order valence-electron chi connectivity index (χ2n) is 5.63. The van der Waals surface area contributed by atoms with Crippen LogP contribution in [0.15, 0.2) is 22.9 Å². The summed E-state index contributed by atoms with van der Waals surface area (Å²) in [5, 5.41) is 3.63. The van der Waals surface area contributed by atoms with Gasteiger partial charge in [0.25, 0.3) is 5.91 Å². The molecule has 0 radical (unpaired) electrons. The third-order valence-corrected chi connectivity index (χ3v) is 4.14. The van der Waals surface area contributed by atoms with Crippen molar-refractivity contribution in [3.63, 3.8) is 0 Å². The molecule has 1 aliphatic rings. The first-order chi connectivity index (χ1) is 11.8. The van der Waals surface area contributed by atoms with Crippen molar-refractivity contribution < 1.29 is 22.5 Å². The van der Waals surface area contributed by atoms with Crippen molar-refractivity contribution in [1.82, 2.24) is 15.0 Å². The van der Waals surface area contributed by atoms with Gasteiger partial charge in [0, 0.05) is 38.4 Å². The number of alkyl halides is 3. The van der Waals surface area contributed by atoms with Gasteiger partial charge in [0.05, 0.1) is 10.6 Å². The summed E-state index contributed by atoms with van der Waals surface area (Å²) in [7, 11) is 0. The van der Waals surface area contributed by atoms with Crippen LogP contribution in [0.25, 0.3) is 0 Å². The minimum Gasteiger partial charge on any atom is -0.361 e. The van der Waals surface area contributed by atoms with E-state index in [0.717, 1.165) is 12.3 Å². The number of halogens is 4. The summed E-state index contributed by atoms with van der Waals surface area (Å²) in [6.45, 7) is 3.26. The Hall–Kier alpha value is -2.29. The number of amides is 1. The zero-order valence-electron chi connectivity index (χ0n) is 13.2. The lowest BCUT2D eigenvalue weighted by Crippen LogP contribution is -2.49. The van der Waals surface area contributed by atoms with Gasteiger partial charge in [-0.2, -0.15) is 13.2 Å². The van der Waals surface area contributed by atoms with E-state index in [0.29, 0.717) is 31.9 Å². The van der Waals surface area contributed by atoms with Crippen LogP contribution in [0.3, 0.4) is 0 Å². The zero-order valence-corrected chi connectivity index (χ0v) is 13.9. The highest BCUT2D eigenvalue weighted by Gasteiger charge is 2.32. The van der Waals surface area contributed by atoms with E-state index in [9.17, 15) is 18.0 Å². The van der Waals surface area contributed by atoms with Crippen LogP contribution in [0.1, 0.15) is 21.8 Å². The lowest BCUT2D eigenvalue weighted by molar-refractivity contribution is -0.137. The van der Waals surface area contributed by atoms with Gasteiger partial charge in [-0.3, -0.25) is 4.79 Å². The smallest absolute Gasteiger partial charge is 0.361 e. The molecule has 10 heteroatoms. The summed E-state index contributed by atoms with van der Waals surface area (Å²) in [6, 6.07) is 2.42. The highest BCUT2D eigenvalue weighted by Crippen LogP contribution is 2.33. The second kappa shape index (κ2) is 6.55. The molecule has 3 heterocycles. The first-order valence-corrected chi connectivity index (χ1v) is 7.84. The third kappa shape index (κ3) is 3.71. The van der Waals surface area contributed by atoms with Gasteiger partial charge in [-0.15, -0.1) is 0 Å². The summed E-state index contributed by atoms with van der Waals surface area (Å²) in [6.07, 6.45) is -3.73. The van der Waals surface area contributed by atoms with Gasteiger partial charge in [0.15, 0.2) is 5.69 Å². The Balaban J connectivity index is 1.67. The Bertz CT molecular complexity index is 785. The Kier molecular flexibility index (Phi) is 4.59. The van der Waals surface area contributed by atoms with Crippen LogP contribution in [0.5, 0.6) is 0 Å². The minimum absolute atomic E-state index is 0.0678. The molecule has 3 rings (SSSR count). The first kappa shape index (κ1) is 17.5. The van der Waals surface area contributed by atoms with Crippen LogP contribution in [0.2, 0.25) is 5.02 Å². The lowest BCUT2D eigenvalue weighted by Gasteiger charge is -2.35. The fraction of sp³-hybridized carbons (Fsp3) is 0.400. The zero-order chi connectivity index (χ0) is 18.2. The summed E-state index contributed by atoms with van der Waals surface area (Å²) in [5.41, 5.74) is -0.659. The SMILES string of the molecule is Cc1cc(C(=O)N2CCN(c3ncc(C(F)(F)F)cc3Cl)CC2)no1. The van der Waals surface area contributed by atoms with Crippen LogP contribution < -0.4 is 4.90 Å². The van der Waals surface area contributed by atoms with E-state index < -0.39 is 11.7 Å². The number of hydrogen-bond donors (Lipinski definition) is 0. The van der Waals surface area contributed by atoms with E-state index in [4.69, 9.17) is 16.1 Å². The molecule has 0 saturated carbocycles. The molecule has 1 saturated heterocycles. The van der Waals surface area contributed by atoms with Crippen molar-refractivity contribution >= 4 is 23.3 Å². The van der Waals surface area contributed by atoms with Gasteiger partial charge in [-0.25, -0.2) is 4.98 Å². The summed E-state index contributed by atoms with van der Waals surface area (Å²) >= 11 is 5.96. The van der Waals surface area contributed by atoms with Crippen molar-refractivity contribution in [1.29, 1.82) is 0 Å². The van der Waals surface area contributed by atoms with Crippen molar-refractivity contribution in [3.8, 4) is 0 Å². The molecule has 6 nitrogen and oxygen atoms in total. The molecule has 1 amide bonds. The number of rotatable bonds is 2.